The van der Waals surface area contributed by atoms with Crippen LogP contribution in [0.1, 0.15) is 30.5 Å². The number of carbonyl (C=O) groups is 1. The van der Waals surface area contributed by atoms with Gasteiger partial charge in [-0.15, -0.1) is 11.3 Å². The van der Waals surface area contributed by atoms with Crippen molar-refractivity contribution in [1.82, 2.24) is 5.32 Å². The van der Waals surface area contributed by atoms with E-state index in [2.05, 4.69) is 18.3 Å². The molecule has 90 valence electrons. The molecule has 4 heteroatoms. The van der Waals surface area contributed by atoms with Crippen LogP contribution >= 0.6 is 11.3 Å². The molecule has 0 fully saturated rings. The molecular formula is C12H20N2OS. The number of amides is 1. The van der Waals surface area contributed by atoms with Crippen LogP contribution in [0.3, 0.4) is 0 Å². The van der Waals surface area contributed by atoms with Gasteiger partial charge in [-0.1, -0.05) is 20.8 Å². The highest BCUT2D eigenvalue weighted by Gasteiger charge is 2.27. The molecule has 0 saturated heterocycles. The largest absolute Gasteiger partial charge is 0.350 e. The van der Waals surface area contributed by atoms with E-state index in [-0.39, 0.29) is 11.3 Å². The SMILES string of the molecule is Cc1ccc(CNC(=O)[C@@H](N)C(C)(C)C)s1. The average molecular weight is 240 g/mol. The number of thiophene rings is 1. The van der Waals surface area contributed by atoms with E-state index in [1.54, 1.807) is 11.3 Å². The van der Waals surface area contributed by atoms with E-state index in [9.17, 15) is 4.79 Å². The summed E-state index contributed by atoms with van der Waals surface area (Å²) in [6.45, 7) is 8.52. The second kappa shape index (κ2) is 4.97. The Labute approximate surface area is 101 Å². The minimum atomic E-state index is -0.464. The Morgan fingerprint density at radius 3 is 2.56 bits per heavy atom. The van der Waals surface area contributed by atoms with Gasteiger partial charge in [-0.2, -0.15) is 0 Å². The summed E-state index contributed by atoms with van der Waals surface area (Å²) in [7, 11) is 0. The van der Waals surface area contributed by atoms with Gasteiger partial charge in [-0.3, -0.25) is 4.79 Å². The zero-order chi connectivity index (χ0) is 12.3. The lowest BCUT2D eigenvalue weighted by atomic mass is 9.87. The molecule has 16 heavy (non-hydrogen) atoms. The van der Waals surface area contributed by atoms with Gasteiger partial charge in [0.2, 0.25) is 5.91 Å². The number of nitrogens with two attached hydrogens (primary N) is 1. The molecule has 1 amide bonds. The summed E-state index contributed by atoms with van der Waals surface area (Å²) in [6, 6.07) is 3.62. The van der Waals surface area contributed by atoms with Crippen LogP contribution in [0.25, 0.3) is 0 Å². The maximum atomic E-state index is 11.7. The van der Waals surface area contributed by atoms with Crippen molar-refractivity contribution in [2.24, 2.45) is 11.1 Å². The Balaban J connectivity index is 2.47. The molecule has 0 saturated carbocycles. The highest BCUT2D eigenvalue weighted by atomic mass is 32.1. The molecule has 1 rings (SSSR count). The number of hydrogen-bond donors (Lipinski definition) is 2. The van der Waals surface area contributed by atoms with Crippen molar-refractivity contribution >= 4 is 17.2 Å². The third-order valence-electron chi connectivity index (χ3n) is 2.45. The van der Waals surface area contributed by atoms with Crippen molar-refractivity contribution in [3.05, 3.63) is 21.9 Å². The summed E-state index contributed by atoms with van der Waals surface area (Å²) in [6.07, 6.45) is 0. The van der Waals surface area contributed by atoms with Gasteiger partial charge < -0.3 is 11.1 Å². The normalized spacial score (nSPS) is 13.6. The van der Waals surface area contributed by atoms with Crippen molar-refractivity contribution in [3.63, 3.8) is 0 Å². The van der Waals surface area contributed by atoms with Crippen LogP contribution in [-0.2, 0) is 11.3 Å². The minimum absolute atomic E-state index is 0.0847. The predicted octanol–water partition coefficient (Wildman–Crippen LogP) is 2.05. The molecule has 3 nitrogen and oxygen atoms in total. The second-order valence-electron chi connectivity index (χ2n) is 5.07. The molecule has 3 N–H and O–H groups in total. The van der Waals surface area contributed by atoms with Crippen molar-refractivity contribution in [2.75, 3.05) is 0 Å². The Bertz CT molecular complexity index is 365. The molecule has 0 aromatic carbocycles. The zero-order valence-electron chi connectivity index (χ0n) is 10.3. The molecule has 0 bridgehead atoms. The molecule has 0 aliphatic heterocycles. The molecular weight excluding hydrogens is 220 g/mol. The van der Waals surface area contributed by atoms with E-state index < -0.39 is 6.04 Å². The summed E-state index contributed by atoms with van der Waals surface area (Å²) in [4.78, 5) is 14.2. The Kier molecular flexibility index (Phi) is 4.10. The first-order valence-corrected chi connectivity index (χ1v) is 6.21. The Morgan fingerprint density at radius 1 is 1.50 bits per heavy atom. The van der Waals surface area contributed by atoms with Gasteiger partial charge >= 0.3 is 0 Å². The fourth-order valence-corrected chi connectivity index (χ4v) is 2.09. The maximum Gasteiger partial charge on any atom is 0.237 e. The highest BCUT2D eigenvalue weighted by molar-refractivity contribution is 7.11. The van der Waals surface area contributed by atoms with Crippen molar-refractivity contribution in [2.45, 2.75) is 40.3 Å². The van der Waals surface area contributed by atoms with Crippen LogP contribution in [0.4, 0.5) is 0 Å². The average Bonchev–Trinajstić information content (AvgIpc) is 2.58. The number of rotatable bonds is 3. The number of aryl methyl sites for hydroxylation is 1. The van der Waals surface area contributed by atoms with Gasteiger partial charge in [0, 0.05) is 9.75 Å². The zero-order valence-corrected chi connectivity index (χ0v) is 11.1. The van der Waals surface area contributed by atoms with Gasteiger partial charge in [0.1, 0.15) is 0 Å². The Morgan fingerprint density at radius 2 is 2.12 bits per heavy atom. The number of hydrogen-bond acceptors (Lipinski definition) is 3. The number of nitrogens with one attached hydrogen (secondary N) is 1. The lowest BCUT2D eigenvalue weighted by Gasteiger charge is -2.25. The molecule has 0 aliphatic rings. The summed E-state index contributed by atoms with van der Waals surface area (Å²) in [5.41, 5.74) is 5.66. The summed E-state index contributed by atoms with van der Waals surface area (Å²) < 4.78 is 0. The number of carbonyl (C=O) groups excluding carboxylic acids is 1. The first-order valence-electron chi connectivity index (χ1n) is 5.39. The van der Waals surface area contributed by atoms with Gasteiger partial charge in [0.05, 0.1) is 12.6 Å². The predicted molar refractivity (Wildman–Crippen MR) is 68.3 cm³/mol. The molecule has 1 atom stereocenters. The van der Waals surface area contributed by atoms with Crippen LogP contribution in [-0.4, -0.2) is 11.9 Å². The van der Waals surface area contributed by atoms with E-state index in [4.69, 9.17) is 5.73 Å². The van der Waals surface area contributed by atoms with Crippen LogP contribution in [0.2, 0.25) is 0 Å². The van der Waals surface area contributed by atoms with E-state index in [0.29, 0.717) is 6.54 Å². The molecule has 0 unspecified atom stereocenters. The van der Waals surface area contributed by atoms with Crippen LogP contribution in [0.5, 0.6) is 0 Å². The van der Waals surface area contributed by atoms with Crippen molar-refractivity contribution in [3.8, 4) is 0 Å². The molecule has 0 aliphatic carbocycles. The lowest BCUT2D eigenvalue weighted by molar-refractivity contribution is -0.124. The monoisotopic (exact) mass is 240 g/mol. The summed E-state index contributed by atoms with van der Waals surface area (Å²) in [5.74, 6) is -0.0847. The highest BCUT2D eigenvalue weighted by Crippen LogP contribution is 2.18. The maximum absolute atomic E-state index is 11.7. The summed E-state index contributed by atoms with van der Waals surface area (Å²) in [5, 5.41) is 2.87. The molecule has 0 spiro atoms. The van der Waals surface area contributed by atoms with E-state index in [0.717, 1.165) is 4.88 Å². The van der Waals surface area contributed by atoms with Crippen LogP contribution in [0, 0.1) is 12.3 Å². The second-order valence-corrected chi connectivity index (χ2v) is 6.45. The first kappa shape index (κ1) is 13.2. The van der Waals surface area contributed by atoms with Gasteiger partial charge in [-0.25, -0.2) is 0 Å². The minimum Gasteiger partial charge on any atom is -0.350 e. The fraction of sp³-hybridized carbons (Fsp3) is 0.583. The van der Waals surface area contributed by atoms with E-state index >= 15 is 0 Å². The van der Waals surface area contributed by atoms with E-state index in [1.165, 1.54) is 4.88 Å². The standard InChI is InChI=1S/C12H20N2OS/c1-8-5-6-9(16-8)7-14-11(15)10(13)12(2,3)4/h5-6,10H,7,13H2,1-4H3,(H,14,15)/t10-/m1/s1. The van der Waals surface area contributed by atoms with Crippen LogP contribution in [0.15, 0.2) is 12.1 Å². The fourth-order valence-electron chi connectivity index (χ4n) is 1.26. The molecule has 1 aromatic rings. The smallest absolute Gasteiger partial charge is 0.237 e. The topological polar surface area (TPSA) is 55.1 Å². The molecule has 1 aromatic heterocycles. The van der Waals surface area contributed by atoms with Gasteiger partial charge in [0.25, 0.3) is 0 Å². The third kappa shape index (κ3) is 3.61. The van der Waals surface area contributed by atoms with Crippen molar-refractivity contribution < 1.29 is 4.79 Å². The first-order chi connectivity index (χ1) is 7.30. The third-order valence-corrected chi connectivity index (χ3v) is 3.45. The summed E-state index contributed by atoms with van der Waals surface area (Å²) >= 11 is 1.69. The molecule has 0 radical (unpaired) electrons. The van der Waals surface area contributed by atoms with Crippen molar-refractivity contribution in [1.29, 1.82) is 0 Å². The molecule has 1 heterocycles. The quantitative estimate of drug-likeness (QED) is 0.849. The Hall–Kier alpha value is -0.870. The van der Waals surface area contributed by atoms with E-state index in [1.807, 2.05) is 26.8 Å². The lowest BCUT2D eigenvalue weighted by Crippen LogP contribution is -2.48. The van der Waals surface area contributed by atoms with Gasteiger partial charge in [-0.05, 0) is 24.5 Å². The van der Waals surface area contributed by atoms with Crippen LogP contribution < -0.4 is 11.1 Å². The van der Waals surface area contributed by atoms with Gasteiger partial charge in [0.15, 0.2) is 0 Å².